The van der Waals surface area contributed by atoms with Gasteiger partial charge in [-0.2, -0.15) is 0 Å². The Balaban J connectivity index is 1.86. The summed E-state index contributed by atoms with van der Waals surface area (Å²) in [5.74, 6) is 0.0676. The van der Waals surface area contributed by atoms with Crippen LogP contribution in [-0.2, 0) is 11.2 Å². The van der Waals surface area contributed by atoms with E-state index in [0.29, 0.717) is 12.8 Å². The van der Waals surface area contributed by atoms with Crippen molar-refractivity contribution < 1.29 is 4.79 Å². The predicted octanol–water partition coefficient (Wildman–Crippen LogP) is 4.36. The summed E-state index contributed by atoms with van der Waals surface area (Å²) < 4.78 is 0. The molecule has 0 aromatic heterocycles. The van der Waals surface area contributed by atoms with E-state index in [1.807, 2.05) is 45.2 Å². The third-order valence-corrected chi connectivity index (χ3v) is 4.91. The fourth-order valence-corrected chi connectivity index (χ4v) is 3.43. The van der Waals surface area contributed by atoms with Crippen LogP contribution in [0.4, 0.5) is 0 Å². The van der Waals surface area contributed by atoms with Gasteiger partial charge in [0, 0.05) is 35.4 Å². The van der Waals surface area contributed by atoms with Gasteiger partial charge in [0.25, 0.3) is 0 Å². The van der Waals surface area contributed by atoms with Crippen molar-refractivity contribution in [2.75, 3.05) is 13.6 Å². The molecule has 4 nitrogen and oxygen atoms in total. The van der Waals surface area contributed by atoms with E-state index in [-0.39, 0.29) is 11.9 Å². The molecule has 1 aromatic carbocycles. The highest BCUT2D eigenvalue weighted by molar-refractivity contribution is 6.29. The molecule has 0 spiro atoms. The van der Waals surface area contributed by atoms with Crippen molar-refractivity contribution in [1.29, 1.82) is 0 Å². The van der Waals surface area contributed by atoms with Gasteiger partial charge < -0.3 is 10.6 Å². The first kappa shape index (κ1) is 21.4. The van der Waals surface area contributed by atoms with Gasteiger partial charge >= 0.3 is 0 Å². The zero-order chi connectivity index (χ0) is 19.6. The Labute approximate surface area is 167 Å². The van der Waals surface area contributed by atoms with Gasteiger partial charge in [-0.25, -0.2) is 0 Å². The van der Waals surface area contributed by atoms with Crippen molar-refractivity contribution >= 4 is 23.2 Å². The summed E-state index contributed by atoms with van der Waals surface area (Å²) >= 11 is 6.07. The highest BCUT2D eigenvalue weighted by Crippen LogP contribution is 2.26. The summed E-state index contributed by atoms with van der Waals surface area (Å²) in [5, 5.41) is 7.19. The molecule has 146 valence electrons. The number of benzene rings is 1. The smallest absolute Gasteiger partial charge is 0.220 e. The molecule has 1 unspecified atom stereocenters. The molecule has 0 heterocycles. The number of hydrogen-bond acceptors (Lipinski definition) is 3. The highest BCUT2D eigenvalue weighted by atomic mass is 35.5. The van der Waals surface area contributed by atoms with Crippen molar-refractivity contribution in [3.63, 3.8) is 0 Å². The van der Waals surface area contributed by atoms with Gasteiger partial charge in [0.1, 0.15) is 0 Å². The molecule has 0 aliphatic heterocycles. The summed E-state index contributed by atoms with van der Waals surface area (Å²) in [6, 6.07) is 10.3. The number of carbonyl (C=O) groups excluding carboxylic acids is 1. The number of aliphatic imine (C=N–C) groups is 1. The lowest BCUT2D eigenvalue weighted by Gasteiger charge is -2.19. The minimum Gasteiger partial charge on any atom is -0.352 e. The zero-order valence-corrected chi connectivity index (χ0v) is 17.3. The van der Waals surface area contributed by atoms with E-state index >= 15 is 0 Å². The van der Waals surface area contributed by atoms with E-state index in [4.69, 9.17) is 16.6 Å². The maximum Gasteiger partial charge on any atom is 0.220 e. The van der Waals surface area contributed by atoms with E-state index in [1.54, 1.807) is 0 Å². The van der Waals surface area contributed by atoms with Crippen LogP contribution in [0.3, 0.4) is 0 Å². The SMILES string of the molecule is CNCC(Cc1ccccc1)NC(=O)CCC(C)=NC1=C(C)C=C(Cl)CC1. The van der Waals surface area contributed by atoms with Crippen molar-refractivity contribution in [3.8, 4) is 0 Å². The monoisotopic (exact) mass is 387 g/mol. The molecule has 2 N–H and O–H groups in total. The first-order valence-corrected chi connectivity index (χ1v) is 9.93. The number of nitrogens with one attached hydrogen (secondary N) is 2. The molecule has 1 aliphatic carbocycles. The molecule has 2 rings (SSSR count). The van der Waals surface area contributed by atoms with Crippen LogP contribution < -0.4 is 10.6 Å². The van der Waals surface area contributed by atoms with Crippen molar-refractivity contribution in [3.05, 3.63) is 58.3 Å². The van der Waals surface area contributed by atoms with E-state index in [0.717, 1.165) is 47.8 Å². The van der Waals surface area contributed by atoms with E-state index in [2.05, 4.69) is 22.8 Å². The number of rotatable bonds is 9. The van der Waals surface area contributed by atoms with Crippen LogP contribution in [0.15, 0.2) is 57.7 Å². The molecule has 1 aromatic rings. The zero-order valence-electron chi connectivity index (χ0n) is 16.5. The number of amides is 1. The van der Waals surface area contributed by atoms with Gasteiger partial charge in [0.05, 0.1) is 0 Å². The van der Waals surface area contributed by atoms with Crippen LogP contribution in [0.2, 0.25) is 0 Å². The number of carbonyl (C=O) groups is 1. The lowest BCUT2D eigenvalue weighted by Crippen LogP contribution is -2.42. The van der Waals surface area contributed by atoms with Crippen LogP contribution in [0.5, 0.6) is 0 Å². The average molecular weight is 388 g/mol. The fourth-order valence-electron chi connectivity index (χ4n) is 3.17. The third-order valence-electron chi connectivity index (χ3n) is 4.61. The van der Waals surface area contributed by atoms with Crippen molar-refractivity contribution in [1.82, 2.24) is 10.6 Å². The number of allylic oxidation sites excluding steroid dienone is 4. The molecule has 1 amide bonds. The van der Waals surface area contributed by atoms with Gasteiger partial charge in [-0.15, -0.1) is 0 Å². The number of likely N-dealkylation sites (N-methyl/N-ethyl adjacent to an activating group) is 1. The Morgan fingerprint density at radius 2 is 1.96 bits per heavy atom. The Kier molecular flexibility index (Phi) is 8.76. The van der Waals surface area contributed by atoms with E-state index < -0.39 is 0 Å². The Hall–Kier alpha value is -1.91. The molecule has 0 bridgehead atoms. The third kappa shape index (κ3) is 7.69. The molecule has 1 atom stereocenters. The number of hydrogen-bond donors (Lipinski definition) is 2. The lowest BCUT2D eigenvalue weighted by atomic mass is 10.0. The number of nitrogens with zero attached hydrogens (tertiary/aromatic N) is 1. The second-order valence-corrected chi connectivity index (χ2v) is 7.57. The quantitative estimate of drug-likeness (QED) is 0.618. The van der Waals surface area contributed by atoms with Gasteiger partial charge in [-0.3, -0.25) is 9.79 Å². The summed E-state index contributed by atoms with van der Waals surface area (Å²) in [5.41, 5.74) is 4.41. The molecule has 0 saturated heterocycles. The summed E-state index contributed by atoms with van der Waals surface area (Å²) in [7, 11) is 1.90. The molecule has 0 saturated carbocycles. The molecule has 0 radical (unpaired) electrons. The maximum atomic E-state index is 12.4. The normalized spacial score (nSPS) is 16.1. The molecule has 0 fully saturated rings. The molecular formula is C22H30ClN3O. The average Bonchev–Trinajstić information content (AvgIpc) is 2.63. The Morgan fingerprint density at radius 1 is 1.22 bits per heavy atom. The summed E-state index contributed by atoms with van der Waals surface area (Å²) in [6.07, 6.45) is 5.63. The fraction of sp³-hybridized carbons (Fsp3) is 0.455. The minimum atomic E-state index is 0.0676. The molecule has 5 heteroatoms. The van der Waals surface area contributed by atoms with Crippen molar-refractivity contribution in [2.45, 2.75) is 52.0 Å². The van der Waals surface area contributed by atoms with Crippen LogP contribution in [0.1, 0.15) is 45.1 Å². The number of halogens is 1. The second-order valence-electron chi connectivity index (χ2n) is 7.08. The largest absolute Gasteiger partial charge is 0.352 e. The predicted molar refractivity (Wildman–Crippen MR) is 114 cm³/mol. The summed E-state index contributed by atoms with van der Waals surface area (Å²) in [6.45, 7) is 4.77. The molecule has 1 aliphatic rings. The Bertz CT molecular complexity index is 722. The highest BCUT2D eigenvalue weighted by Gasteiger charge is 2.13. The molecular weight excluding hydrogens is 358 g/mol. The minimum absolute atomic E-state index is 0.0676. The van der Waals surface area contributed by atoms with Crippen molar-refractivity contribution in [2.24, 2.45) is 4.99 Å². The van der Waals surface area contributed by atoms with Gasteiger partial charge in [0.2, 0.25) is 5.91 Å². The van der Waals surface area contributed by atoms with Gasteiger partial charge in [-0.1, -0.05) is 41.9 Å². The van der Waals surface area contributed by atoms with Crippen LogP contribution in [0, 0.1) is 0 Å². The topological polar surface area (TPSA) is 53.5 Å². The van der Waals surface area contributed by atoms with Gasteiger partial charge in [0.15, 0.2) is 0 Å². The first-order valence-electron chi connectivity index (χ1n) is 9.55. The van der Waals surface area contributed by atoms with Crippen LogP contribution in [0.25, 0.3) is 0 Å². The Morgan fingerprint density at radius 3 is 2.63 bits per heavy atom. The van der Waals surface area contributed by atoms with E-state index in [1.165, 1.54) is 5.56 Å². The van der Waals surface area contributed by atoms with Crippen LogP contribution in [-0.4, -0.2) is 31.3 Å². The van der Waals surface area contributed by atoms with Gasteiger partial charge in [-0.05, 0) is 63.8 Å². The first-order chi connectivity index (χ1) is 13.0. The lowest BCUT2D eigenvalue weighted by molar-refractivity contribution is -0.121. The molecule has 27 heavy (non-hydrogen) atoms. The van der Waals surface area contributed by atoms with E-state index in [9.17, 15) is 4.79 Å². The maximum absolute atomic E-state index is 12.4. The van der Waals surface area contributed by atoms with Crippen LogP contribution >= 0.6 is 11.6 Å². The standard InChI is InChI=1S/C22H30ClN3O/c1-16-13-19(23)10-11-21(16)25-17(2)9-12-22(27)26-20(15-24-3)14-18-7-5-4-6-8-18/h4-8,13,20,24H,9-12,14-15H2,1-3H3,(H,26,27). The second kappa shape index (κ2) is 11.1. The summed E-state index contributed by atoms with van der Waals surface area (Å²) in [4.78, 5) is 17.1.